The minimum Gasteiger partial charge on any atom is -0.383 e. The zero-order chi connectivity index (χ0) is 14.5. The van der Waals surface area contributed by atoms with E-state index in [0.29, 0.717) is 11.8 Å². The van der Waals surface area contributed by atoms with Crippen LogP contribution >= 0.6 is 11.3 Å². The van der Waals surface area contributed by atoms with Crippen molar-refractivity contribution in [3.63, 3.8) is 0 Å². The number of nitrogens with one attached hydrogen (secondary N) is 1. The molecule has 110 valence electrons. The summed E-state index contributed by atoms with van der Waals surface area (Å²) in [7, 11) is 1.74. The van der Waals surface area contributed by atoms with Crippen LogP contribution in [0.4, 0.5) is 0 Å². The van der Waals surface area contributed by atoms with Gasteiger partial charge in [0.25, 0.3) is 0 Å². The molecule has 0 fully saturated rings. The maximum absolute atomic E-state index is 5.15. The van der Waals surface area contributed by atoms with Gasteiger partial charge in [-0.15, -0.1) is 11.3 Å². The number of hydrogen-bond acceptors (Lipinski definition) is 4. The van der Waals surface area contributed by atoms with E-state index >= 15 is 0 Å². The lowest BCUT2D eigenvalue weighted by molar-refractivity contribution is 0.168. The molecule has 3 nitrogen and oxygen atoms in total. The maximum atomic E-state index is 5.15. The Bertz CT molecular complexity index is 378. The van der Waals surface area contributed by atoms with Crippen LogP contribution in [-0.2, 0) is 10.3 Å². The topological polar surface area (TPSA) is 34.1 Å². The van der Waals surface area contributed by atoms with Gasteiger partial charge in [-0.2, -0.15) is 0 Å². The number of thiazole rings is 1. The minimum atomic E-state index is -0.0644. The molecule has 2 atom stereocenters. The highest BCUT2D eigenvalue weighted by Crippen LogP contribution is 2.34. The summed E-state index contributed by atoms with van der Waals surface area (Å²) in [6, 6.07) is 0. The average molecular weight is 284 g/mol. The Morgan fingerprint density at radius 2 is 2.11 bits per heavy atom. The van der Waals surface area contributed by atoms with Crippen LogP contribution < -0.4 is 5.32 Å². The van der Waals surface area contributed by atoms with Gasteiger partial charge in [-0.05, 0) is 18.8 Å². The highest BCUT2D eigenvalue weighted by Gasteiger charge is 2.34. The largest absolute Gasteiger partial charge is 0.383 e. The zero-order valence-electron chi connectivity index (χ0n) is 13.1. The Morgan fingerprint density at radius 3 is 2.58 bits per heavy atom. The van der Waals surface area contributed by atoms with Gasteiger partial charge in [0.1, 0.15) is 5.01 Å². The Hall–Kier alpha value is -0.450. The molecule has 0 radical (unpaired) electrons. The third kappa shape index (κ3) is 4.01. The Kier molecular flexibility index (Phi) is 6.43. The molecule has 0 aliphatic carbocycles. The molecule has 4 heteroatoms. The van der Waals surface area contributed by atoms with E-state index in [1.165, 1.54) is 10.7 Å². The molecule has 0 aliphatic heterocycles. The molecule has 0 amide bonds. The SMILES string of the molecule is CCC(C)C(C)(NCCOC)c1nc(C(C)C)cs1. The van der Waals surface area contributed by atoms with Crippen LogP contribution in [0.3, 0.4) is 0 Å². The molecule has 0 aliphatic rings. The molecule has 19 heavy (non-hydrogen) atoms. The van der Waals surface area contributed by atoms with Gasteiger partial charge in [0.05, 0.1) is 17.8 Å². The second-order valence-corrected chi connectivity index (χ2v) is 6.52. The molecule has 2 unspecified atom stereocenters. The molecule has 0 saturated carbocycles. The minimum absolute atomic E-state index is 0.0644. The Morgan fingerprint density at radius 1 is 1.42 bits per heavy atom. The second-order valence-electron chi connectivity index (χ2n) is 5.66. The van der Waals surface area contributed by atoms with Gasteiger partial charge in [0, 0.05) is 19.0 Å². The van der Waals surface area contributed by atoms with Gasteiger partial charge in [-0.1, -0.05) is 34.1 Å². The van der Waals surface area contributed by atoms with E-state index in [1.54, 1.807) is 18.4 Å². The van der Waals surface area contributed by atoms with E-state index in [0.717, 1.165) is 19.6 Å². The summed E-state index contributed by atoms with van der Waals surface area (Å²) in [6.45, 7) is 12.8. The lowest BCUT2D eigenvalue weighted by Crippen LogP contribution is -2.46. The summed E-state index contributed by atoms with van der Waals surface area (Å²) in [5.41, 5.74) is 1.13. The summed E-state index contributed by atoms with van der Waals surface area (Å²) in [6.07, 6.45) is 1.13. The Labute approximate surface area is 121 Å². The normalized spacial score (nSPS) is 16.6. The first kappa shape index (κ1) is 16.6. The van der Waals surface area contributed by atoms with Gasteiger partial charge in [-0.3, -0.25) is 0 Å². The van der Waals surface area contributed by atoms with Gasteiger partial charge >= 0.3 is 0 Å². The van der Waals surface area contributed by atoms with Crippen molar-refractivity contribution in [2.24, 2.45) is 5.92 Å². The van der Waals surface area contributed by atoms with Crippen LogP contribution in [-0.4, -0.2) is 25.2 Å². The van der Waals surface area contributed by atoms with Gasteiger partial charge in [0.15, 0.2) is 0 Å². The highest BCUT2D eigenvalue weighted by atomic mass is 32.1. The van der Waals surface area contributed by atoms with Gasteiger partial charge in [-0.25, -0.2) is 4.98 Å². The molecule has 0 bridgehead atoms. The molecule has 1 aromatic rings. The molecule has 1 heterocycles. The van der Waals surface area contributed by atoms with Crippen molar-refractivity contribution in [3.8, 4) is 0 Å². The van der Waals surface area contributed by atoms with Crippen LogP contribution in [0.1, 0.15) is 57.7 Å². The van der Waals surface area contributed by atoms with E-state index in [-0.39, 0.29) is 5.54 Å². The van der Waals surface area contributed by atoms with Crippen molar-refractivity contribution in [1.29, 1.82) is 0 Å². The first-order chi connectivity index (χ1) is 8.95. The van der Waals surface area contributed by atoms with E-state index in [9.17, 15) is 0 Å². The number of methoxy groups -OCH3 is 1. The summed E-state index contributed by atoms with van der Waals surface area (Å²) in [5.74, 6) is 1.03. The molecule has 1 aromatic heterocycles. The number of nitrogens with zero attached hydrogens (tertiary/aromatic N) is 1. The van der Waals surface area contributed by atoms with Crippen molar-refractivity contribution in [2.75, 3.05) is 20.3 Å². The fourth-order valence-corrected chi connectivity index (χ4v) is 3.31. The van der Waals surface area contributed by atoms with E-state index in [1.807, 2.05) is 0 Å². The molecule has 0 spiro atoms. The smallest absolute Gasteiger partial charge is 0.113 e. The van der Waals surface area contributed by atoms with Crippen molar-refractivity contribution in [1.82, 2.24) is 10.3 Å². The third-order valence-electron chi connectivity index (χ3n) is 3.95. The molecule has 0 aromatic carbocycles. The molecule has 1 N–H and O–H groups in total. The van der Waals surface area contributed by atoms with E-state index in [4.69, 9.17) is 9.72 Å². The van der Waals surface area contributed by atoms with Crippen LogP contribution in [0.5, 0.6) is 0 Å². The van der Waals surface area contributed by atoms with Gasteiger partial charge in [0.2, 0.25) is 0 Å². The number of aromatic nitrogens is 1. The van der Waals surface area contributed by atoms with Crippen molar-refractivity contribution in [2.45, 2.75) is 52.5 Å². The maximum Gasteiger partial charge on any atom is 0.113 e. The van der Waals surface area contributed by atoms with Crippen LogP contribution in [0.15, 0.2) is 5.38 Å². The first-order valence-corrected chi connectivity index (χ1v) is 8.03. The third-order valence-corrected chi connectivity index (χ3v) is 5.05. The summed E-state index contributed by atoms with van der Waals surface area (Å²) < 4.78 is 5.15. The molecular weight excluding hydrogens is 256 g/mol. The number of hydrogen-bond donors (Lipinski definition) is 1. The predicted molar refractivity (Wildman–Crippen MR) is 82.9 cm³/mol. The quantitative estimate of drug-likeness (QED) is 0.738. The number of ether oxygens (including phenoxy) is 1. The summed E-state index contributed by atoms with van der Waals surface area (Å²) >= 11 is 1.77. The van der Waals surface area contributed by atoms with Crippen LogP contribution in [0, 0.1) is 5.92 Å². The van der Waals surface area contributed by atoms with Crippen molar-refractivity contribution < 1.29 is 4.74 Å². The number of rotatable bonds is 8. The molecule has 1 rings (SSSR count). The fourth-order valence-electron chi connectivity index (χ4n) is 2.07. The average Bonchev–Trinajstić information content (AvgIpc) is 2.88. The van der Waals surface area contributed by atoms with Gasteiger partial charge < -0.3 is 10.1 Å². The standard InChI is InChI=1S/C15H28N2OS/c1-7-12(4)15(5,16-8-9-18-6)14-17-13(10-19-14)11(2)3/h10-12,16H,7-9H2,1-6H3. The van der Waals surface area contributed by atoms with Crippen LogP contribution in [0.25, 0.3) is 0 Å². The summed E-state index contributed by atoms with van der Waals surface area (Å²) in [5, 5.41) is 7.03. The molecular formula is C15H28N2OS. The monoisotopic (exact) mass is 284 g/mol. The fraction of sp³-hybridized carbons (Fsp3) is 0.800. The van der Waals surface area contributed by atoms with Crippen molar-refractivity contribution >= 4 is 11.3 Å². The van der Waals surface area contributed by atoms with E-state index < -0.39 is 0 Å². The lowest BCUT2D eigenvalue weighted by atomic mass is 9.85. The molecule has 0 saturated heterocycles. The van der Waals surface area contributed by atoms with E-state index in [2.05, 4.69) is 45.3 Å². The Balaban J connectivity index is 2.93. The summed E-state index contributed by atoms with van der Waals surface area (Å²) in [4.78, 5) is 4.84. The van der Waals surface area contributed by atoms with Crippen LogP contribution in [0.2, 0.25) is 0 Å². The highest BCUT2D eigenvalue weighted by molar-refractivity contribution is 7.09. The zero-order valence-corrected chi connectivity index (χ0v) is 13.9. The lowest BCUT2D eigenvalue weighted by Gasteiger charge is -2.34. The second kappa shape index (κ2) is 7.36. The predicted octanol–water partition coefficient (Wildman–Crippen LogP) is 3.76. The first-order valence-electron chi connectivity index (χ1n) is 7.15. The van der Waals surface area contributed by atoms with Crippen molar-refractivity contribution in [3.05, 3.63) is 16.1 Å².